The van der Waals surface area contributed by atoms with Crippen LogP contribution in [-0.2, 0) is 19.6 Å². The van der Waals surface area contributed by atoms with Crippen LogP contribution in [0.25, 0.3) is 0 Å². The molecule has 13 heteroatoms. The SMILES string of the molecule is Cl.Cl.NCCCn1cc[n+](CCCN)c1/N=N/c1cnn(CCO)c1N.[Br-]. The number of aryl methyl sites for hydroxylation is 2. The van der Waals surface area contributed by atoms with Gasteiger partial charge in [-0.3, -0.25) is 0 Å². The quantitative estimate of drug-likeness (QED) is 0.215. The van der Waals surface area contributed by atoms with Crippen molar-refractivity contribution in [3.8, 4) is 0 Å². The summed E-state index contributed by atoms with van der Waals surface area (Å²) in [6.07, 6.45) is 7.15. The molecule has 0 aliphatic carbocycles. The van der Waals surface area contributed by atoms with E-state index >= 15 is 0 Å². The maximum absolute atomic E-state index is 8.97. The van der Waals surface area contributed by atoms with Crippen molar-refractivity contribution in [2.45, 2.75) is 32.5 Å². The lowest BCUT2D eigenvalue weighted by molar-refractivity contribution is -0.683. The number of aliphatic hydroxyl groups excluding tert-OH is 1. The van der Waals surface area contributed by atoms with E-state index < -0.39 is 0 Å². The number of aliphatic hydroxyl groups is 1. The number of imidazole rings is 1. The minimum atomic E-state index is -0.0382. The van der Waals surface area contributed by atoms with Crippen LogP contribution in [-0.4, -0.2) is 39.2 Å². The second-order valence-corrected chi connectivity index (χ2v) is 5.33. The van der Waals surface area contributed by atoms with Gasteiger partial charge in [0, 0.05) is 5.11 Å². The van der Waals surface area contributed by atoms with E-state index in [0.29, 0.717) is 37.1 Å². The Labute approximate surface area is 181 Å². The van der Waals surface area contributed by atoms with Gasteiger partial charge in [-0.05, 0) is 25.9 Å². The van der Waals surface area contributed by atoms with Crippen molar-refractivity contribution in [3.63, 3.8) is 0 Å². The van der Waals surface area contributed by atoms with Gasteiger partial charge in [-0.2, -0.15) is 5.10 Å². The number of aromatic nitrogens is 4. The first-order valence-corrected chi connectivity index (χ1v) is 8.03. The lowest BCUT2D eigenvalue weighted by Gasteiger charge is -2.00. The van der Waals surface area contributed by atoms with E-state index in [4.69, 9.17) is 22.3 Å². The van der Waals surface area contributed by atoms with E-state index in [2.05, 4.69) is 15.3 Å². The molecule has 27 heavy (non-hydrogen) atoms. The molecule has 2 rings (SSSR count). The number of azo groups is 1. The third kappa shape index (κ3) is 7.72. The maximum Gasteiger partial charge on any atom is 0.421 e. The van der Waals surface area contributed by atoms with Crippen molar-refractivity contribution in [3.05, 3.63) is 18.6 Å². The van der Waals surface area contributed by atoms with Crippen LogP contribution in [0.15, 0.2) is 28.8 Å². The van der Waals surface area contributed by atoms with Crippen molar-refractivity contribution >= 4 is 42.3 Å². The van der Waals surface area contributed by atoms with Crippen LogP contribution in [0, 0.1) is 0 Å². The van der Waals surface area contributed by atoms with Gasteiger partial charge in [-0.15, -0.1) is 24.8 Å². The number of hydrogen-bond acceptors (Lipinski definition) is 7. The van der Waals surface area contributed by atoms with E-state index in [1.165, 1.54) is 10.9 Å². The smallest absolute Gasteiger partial charge is 0.421 e. The number of anilines is 1. The van der Waals surface area contributed by atoms with Crippen LogP contribution in [0.1, 0.15) is 12.8 Å². The molecule has 2 aromatic heterocycles. The molecular weight excluding hydrogens is 461 g/mol. The first-order valence-electron chi connectivity index (χ1n) is 8.03. The molecule has 0 amide bonds. The van der Waals surface area contributed by atoms with E-state index in [-0.39, 0.29) is 48.4 Å². The molecule has 0 saturated heterocycles. The highest BCUT2D eigenvalue weighted by molar-refractivity contribution is 5.85. The summed E-state index contributed by atoms with van der Waals surface area (Å²) in [4.78, 5) is 0. The molecular formula is C14H28BrCl2N9O. The minimum absolute atomic E-state index is 0. The summed E-state index contributed by atoms with van der Waals surface area (Å²) in [6, 6.07) is 0. The number of nitrogen functional groups attached to an aromatic ring is 1. The predicted molar refractivity (Wildman–Crippen MR) is 104 cm³/mol. The summed E-state index contributed by atoms with van der Waals surface area (Å²) in [6.45, 7) is 3.03. The Kier molecular flexibility index (Phi) is 15.3. The normalized spacial score (nSPS) is 10.3. The van der Waals surface area contributed by atoms with E-state index in [9.17, 15) is 0 Å². The third-order valence-corrected chi connectivity index (χ3v) is 3.57. The largest absolute Gasteiger partial charge is 1.00 e. The minimum Gasteiger partial charge on any atom is -1.00 e. The number of nitrogens with zero attached hydrogens (tertiary/aromatic N) is 6. The van der Waals surface area contributed by atoms with Crippen molar-refractivity contribution in [1.29, 1.82) is 0 Å². The molecule has 2 heterocycles. The summed E-state index contributed by atoms with van der Waals surface area (Å²) in [5.74, 6) is 1.09. The predicted octanol–water partition coefficient (Wildman–Crippen LogP) is -2.49. The topological polar surface area (TPSA) is 150 Å². The molecule has 0 radical (unpaired) electrons. The van der Waals surface area contributed by atoms with Gasteiger partial charge in [-0.1, -0.05) is 5.11 Å². The summed E-state index contributed by atoms with van der Waals surface area (Å²) in [7, 11) is 0. The van der Waals surface area contributed by atoms with Crippen molar-refractivity contribution in [1.82, 2.24) is 14.3 Å². The molecule has 7 N–H and O–H groups in total. The van der Waals surface area contributed by atoms with Crippen molar-refractivity contribution in [2.75, 3.05) is 25.4 Å². The van der Waals surface area contributed by atoms with Gasteiger partial charge in [0.2, 0.25) is 0 Å². The molecule has 10 nitrogen and oxygen atoms in total. The van der Waals surface area contributed by atoms with E-state index in [0.717, 1.165) is 25.9 Å². The molecule has 2 aromatic rings. The monoisotopic (exact) mass is 487 g/mol. The molecule has 0 spiro atoms. The Balaban J connectivity index is 0. The van der Waals surface area contributed by atoms with Crippen LogP contribution < -0.4 is 38.7 Å². The Bertz CT molecular complexity index is 652. The van der Waals surface area contributed by atoms with Crippen molar-refractivity contribution < 1.29 is 26.7 Å². The van der Waals surface area contributed by atoms with Crippen LogP contribution in [0.2, 0.25) is 0 Å². The molecule has 0 atom stereocenters. The average Bonchev–Trinajstić information content (AvgIpc) is 3.13. The average molecular weight is 489 g/mol. The number of nitrogens with two attached hydrogens (primary N) is 3. The first kappa shape index (κ1) is 28.0. The van der Waals surface area contributed by atoms with Crippen molar-refractivity contribution in [2.24, 2.45) is 21.7 Å². The summed E-state index contributed by atoms with van der Waals surface area (Å²) in [5.41, 5.74) is 17.6. The third-order valence-electron chi connectivity index (χ3n) is 3.57. The molecule has 0 fully saturated rings. The van der Waals surface area contributed by atoms with E-state index in [1.807, 2.05) is 21.5 Å². The van der Waals surface area contributed by atoms with Gasteiger partial charge in [0.05, 0.1) is 44.8 Å². The Hall–Kier alpha value is -1.24. The molecule has 0 aromatic carbocycles. The Morgan fingerprint density at radius 1 is 1.11 bits per heavy atom. The fraction of sp³-hybridized carbons (Fsp3) is 0.571. The van der Waals surface area contributed by atoms with Gasteiger partial charge in [0.1, 0.15) is 0 Å². The van der Waals surface area contributed by atoms with E-state index in [1.54, 1.807) is 0 Å². The fourth-order valence-electron chi connectivity index (χ4n) is 2.28. The molecule has 0 aliphatic heterocycles. The Morgan fingerprint density at radius 3 is 2.44 bits per heavy atom. The van der Waals surface area contributed by atoms with Gasteiger partial charge in [0.25, 0.3) is 0 Å². The lowest BCUT2D eigenvalue weighted by atomic mass is 10.4. The summed E-state index contributed by atoms with van der Waals surface area (Å²) < 4.78 is 5.49. The highest BCUT2D eigenvalue weighted by atomic mass is 79.9. The van der Waals surface area contributed by atoms with Gasteiger partial charge in [-0.25, -0.2) is 13.8 Å². The molecule has 0 aliphatic rings. The zero-order valence-electron chi connectivity index (χ0n) is 14.9. The summed E-state index contributed by atoms with van der Waals surface area (Å²) in [5, 5.41) is 21.6. The highest BCUT2D eigenvalue weighted by Gasteiger charge is 2.17. The zero-order chi connectivity index (χ0) is 17.4. The molecule has 0 unspecified atom stereocenters. The zero-order valence-corrected chi connectivity index (χ0v) is 18.2. The molecule has 0 saturated carbocycles. The summed E-state index contributed by atoms with van der Waals surface area (Å²) >= 11 is 0. The van der Waals surface area contributed by atoms with Crippen LogP contribution in [0.5, 0.6) is 0 Å². The molecule has 0 bridgehead atoms. The van der Waals surface area contributed by atoms with Crippen LogP contribution in [0.3, 0.4) is 0 Å². The highest BCUT2D eigenvalue weighted by Crippen LogP contribution is 2.23. The Morgan fingerprint density at radius 2 is 1.81 bits per heavy atom. The molecule has 156 valence electrons. The standard InChI is InChI=1S/C14H25N9O.BrH.2ClH/c15-3-1-5-21-7-8-22(6-2-4-16)14(21)20-19-12-11-18-23(9-10-24)13(12)17;;;/h7-8,11,17,24H,1-6,9-10,15-16H2;3*1H. The van der Waals surface area contributed by atoms with Gasteiger partial charge < -0.3 is 39.3 Å². The second kappa shape index (κ2) is 14.8. The maximum atomic E-state index is 8.97. The fourth-order valence-corrected chi connectivity index (χ4v) is 2.28. The lowest BCUT2D eigenvalue weighted by Crippen LogP contribution is -3.00. The number of rotatable bonds is 10. The van der Waals surface area contributed by atoms with Gasteiger partial charge in [0.15, 0.2) is 11.5 Å². The van der Waals surface area contributed by atoms with Crippen LogP contribution >= 0.6 is 24.8 Å². The number of halogens is 3. The number of hydrogen-bond donors (Lipinski definition) is 4. The van der Waals surface area contributed by atoms with Crippen LogP contribution in [0.4, 0.5) is 17.5 Å². The van der Waals surface area contributed by atoms with Gasteiger partial charge >= 0.3 is 5.95 Å². The second-order valence-electron chi connectivity index (χ2n) is 5.33. The first-order chi connectivity index (χ1) is 11.7.